The number of hydrogen-bond donors (Lipinski definition) is 2. The zero-order valence-electron chi connectivity index (χ0n) is 12.7. The first-order chi connectivity index (χ1) is 11.3. The van der Waals surface area contributed by atoms with Crippen molar-refractivity contribution in [2.24, 2.45) is 0 Å². The topological polar surface area (TPSA) is 88.2 Å². The number of halogens is 2. The Morgan fingerprint density at radius 2 is 2.00 bits per heavy atom. The van der Waals surface area contributed by atoms with Crippen LogP contribution in [-0.4, -0.2) is 25.9 Å². The van der Waals surface area contributed by atoms with Crippen LogP contribution < -0.4 is 10.0 Å². The van der Waals surface area contributed by atoms with Crippen molar-refractivity contribution in [3.8, 4) is 0 Å². The number of hydrogen-bond acceptors (Lipinski definition) is 4. The van der Waals surface area contributed by atoms with E-state index < -0.39 is 10.0 Å². The highest BCUT2D eigenvalue weighted by molar-refractivity contribution is 9.11. The molecule has 0 aliphatic heterocycles. The number of rotatable bonds is 6. The van der Waals surface area contributed by atoms with Crippen molar-refractivity contribution in [1.29, 1.82) is 0 Å². The van der Waals surface area contributed by atoms with Crippen LogP contribution in [0.4, 0.5) is 5.82 Å². The summed E-state index contributed by atoms with van der Waals surface area (Å²) in [4.78, 5) is 16.1. The molecule has 2 rings (SSSR count). The highest BCUT2D eigenvalue weighted by Crippen LogP contribution is 2.25. The maximum absolute atomic E-state index is 12.3. The number of carbonyl (C=O) groups is 1. The molecule has 0 radical (unpaired) electrons. The Morgan fingerprint density at radius 3 is 2.71 bits per heavy atom. The molecule has 2 N–H and O–H groups in total. The van der Waals surface area contributed by atoms with E-state index in [0.717, 1.165) is 5.56 Å². The van der Waals surface area contributed by atoms with Gasteiger partial charge in [0.2, 0.25) is 15.9 Å². The van der Waals surface area contributed by atoms with Gasteiger partial charge < -0.3 is 5.32 Å². The van der Waals surface area contributed by atoms with Crippen molar-refractivity contribution in [3.05, 3.63) is 51.0 Å². The van der Waals surface area contributed by atoms with Crippen molar-refractivity contribution in [3.63, 3.8) is 0 Å². The lowest BCUT2D eigenvalue weighted by atomic mass is 10.3. The Bertz CT molecular complexity index is 857. The summed E-state index contributed by atoms with van der Waals surface area (Å²) in [6.45, 7) is 1.81. The Morgan fingerprint density at radius 1 is 1.25 bits per heavy atom. The summed E-state index contributed by atoms with van der Waals surface area (Å²) in [5, 5.41) is 2.66. The predicted molar refractivity (Wildman–Crippen MR) is 99.3 cm³/mol. The molecule has 0 unspecified atom stereocenters. The van der Waals surface area contributed by atoms with Crippen LogP contribution in [0.5, 0.6) is 0 Å². The molecule has 6 nitrogen and oxygen atoms in total. The largest absolute Gasteiger partial charge is 0.310 e. The number of amides is 1. The minimum Gasteiger partial charge on any atom is -0.310 e. The maximum atomic E-state index is 12.3. The lowest BCUT2D eigenvalue weighted by Crippen LogP contribution is -2.28. The molecule has 1 amide bonds. The van der Waals surface area contributed by atoms with Crippen LogP contribution in [0.3, 0.4) is 0 Å². The molecule has 1 aromatic carbocycles. The van der Waals surface area contributed by atoms with Gasteiger partial charge in [0.15, 0.2) is 0 Å². The van der Waals surface area contributed by atoms with Gasteiger partial charge in [-0.05, 0) is 52.7 Å². The number of benzene rings is 1. The maximum Gasteiger partial charge on any atom is 0.241 e. The Labute approximate surface area is 157 Å². The SMILES string of the molecule is Cc1cccnc1NC(=O)CCNS(=O)(=O)c1cc(Br)ccc1Br. The van der Waals surface area contributed by atoms with Crippen LogP contribution in [0.2, 0.25) is 0 Å². The van der Waals surface area contributed by atoms with Crippen LogP contribution in [0.25, 0.3) is 0 Å². The Balaban J connectivity index is 1.94. The van der Waals surface area contributed by atoms with Crippen LogP contribution >= 0.6 is 31.9 Å². The van der Waals surface area contributed by atoms with E-state index in [0.29, 0.717) is 14.8 Å². The van der Waals surface area contributed by atoms with Gasteiger partial charge in [-0.1, -0.05) is 22.0 Å². The van der Waals surface area contributed by atoms with Gasteiger partial charge in [0.25, 0.3) is 0 Å². The van der Waals surface area contributed by atoms with Crippen molar-refractivity contribution < 1.29 is 13.2 Å². The van der Waals surface area contributed by atoms with E-state index in [2.05, 4.69) is 46.9 Å². The van der Waals surface area contributed by atoms with Crippen molar-refractivity contribution >= 4 is 53.6 Å². The number of sulfonamides is 1. The summed E-state index contributed by atoms with van der Waals surface area (Å²) in [5.74, 6) is 0.160. The van der Waals surface area contributed by atoms with Gasteiger partial charge in [0.05, 0.1) is 4.90 Å². The van der Waals surface area contributed by atoms with Gasteiger partial charge in [-0.2, -0.15) is 0 Å². The quantitative estimate of drug-likeness (QED) is 0.669. The zero-order chi connectivity index (χ0) is 17.7. The summed E-state index contributed by atoms with van der Waals surface area (Å²) in [6.07, 6.45) is 1.58. The smallest absolute Gasteiger partial charge is 0.241 e. The fourth-order valence-corrected chi connectivity index (χ4v) is 4.40. The van der Waals surface area contributed by atoms with E-state index in [1.54, 1.807) is 24.4 Å². The number of aryl methyl sites for hydroxylation is 1. The molecular weight excluding hydrogens is 462 g/mol. The summed E-state index contributed by atoms with van der Waals surface area (Å²) in [6, 6.07) is 8.45. The third-order valence-corrected chi connectivity index (χ3v) is 6.04. The Hall–Kier alpha value is -1.29. The molecule has 0 atom stereocenters. The number of pyridine rings is 1. The molecule has 0 aliphatic rings. The average molecular weight is 477 g/mol. The fourth-order valence-electron chi connectivity index (χ4n) is 1.87. The third-order valence-electron chi connectivity index (χ3n) is 3.09. The van der Waals surface area contributed by atoms with E-state index in [-0.39, 0.29) is 23.8 Å². The van der Waals surface area contributed by atoms with Gasteiger partial charge in [0, 0.05) is 28.1 Å². The Kier molecular flexibility index (Phi) is 6.50. The molecule has 1 heterocycles. The summed E-state index contributed by atoms with van der Waals surface area (Å²) < 4.78 is 28.1. The van der Waals surface area contributed by atoms with E-state index in [9.17, 15) is 13.2 Å². The number of aromatic nitrogens is 1. The van der Waals surface area contributed by atoms with Gasteiger partial charge in [-0.3, -0.25) is 4.79 Å². The van der Waals surface area contributed by atoms with Gasteiger partial charge in [-0.15, -0.1) is 0 Å². The second-order valence-corrected chi connectivity index (χ2v) is 8.44. The van der Waals surface area contributed by atoms with Crippen molar-refractivity contribution in [2.45, 2.75) is 18.2 Å². The van der Waals surface area contributed by atoms with Gasteiger partial charge in [0.1, 0.15) is 5.82 Å². The standard InChI is InChI=1S/C15H15Br2N3O3S/c1-10-3-2-7-18-15(10)20-14(21)6-8-19-24(22,23)13-9-11(16)4-5-12(13)17/h2-5,7,9,19H,6,8H2,1H3,(H,18,20,21). The fraction of sp³-hybridized carbons (Fsp3) is 0.200. The number of anilines is 1. The van der Waals surface area contributed by atoms with Crippen LogP contribution in [0.1, 0.15) is 12.0 Å². The normalized spacial score (nSPS) is 11.3. The molecule has 0 saturated carbocycles. The molecule has 0 saturated heterocycles. The van der Waals surface area contributed by atoms with E-state index in [4.69, 9.17) is 0 Å². The van der Waals surface area contributed by atoms with Crippen LogP contribution in [0.15, 0.2) is 50.4 Å². The molecule has 0 bridgehead atoms. The second kappa shape index (κ2) is 8.19. The molecule has 1 aromatic heterocycles. The summed E-state index contributed by atoms with van der Waals surface area (Å²) in [7, 11) is -3.71. The monoisotopic (exact) mass is 475 g/mol. The van der Waals surface area contributed by atoms with Crippen LogP contribution in [-0.2, 0) is 14.8 Å². The third kappa shape index (κ3) is 5.10. The first-order valence-electron chi connectivity index (χ1n) is 6.96. The second-order valence-electron chi connectivity index (χ2n) is 4.94. The molecule has 2 aromatic rings. The number of carbonyl (C=O) groups excluding carboxylic acids is 1. The highest BCUT2D eigenvalue weighted by atomic mass is 79.9. The predicted octanol–water partition coefficient (Wildman–Crippen LogP) is 3.22. The lowest BCUT2D eigenvalue weighted by molar-refractivity contribution is -0.116. The molecule has 0 fully saturated rings. The zero-order valence-corrected chi connectivity index (χ0v) is 16.7. The van der Waals surface area contributed by atoms with Gasteiger partial charge >= 0.3 is 0 Å². The van der Waals surface area contributed by atoms with E-state index in [1.165, 1.54) is 6.07 Å². The first-order valence-corrected chi connectivity index (χ1v) is 10.0. The van der Waals surface area contributed by atoms with E-state index in [1.807, 2.05) is 13.0 Å². The van der Waals surface area contributed by atoms with Crippen LogP contribution in [0, 0.1) is 6.92 Å². The number of nitrogens with zero attached hydrogens (tertiary/aromatic N) is 1. The lowest BCUT2D eigenvalue weighted by Gasteiger charge is -2.10. The molecule has 0 spiro atoms. The molecule has 0 aliphatic carbocycles. The van der Waals surface area contributed by atoms with Gasteiger partial charge in [-0.25, -0.2) is 18.1 Å². The molecular formula is C15H15Br2N3O3S. The van der Waals surface area contributed by atoms with Crippen molar-refractivity contribution in [2.75, 3.05) is 11.9 Å². The average Bonchev–Trinajstić information content (AvgIpc) is 2.51. The minimum atomic E-state index is -3.71. The summed E-state index contributed by atoms with van der Waals surface area (Å²) >= 11 is 6.45. The molecule has 128 valence electrons. The molecule has 24 heavy (non-hydrogen) atoms. The molecule has 9 heteroatoms. The summed E-state index contributed by atoms with van der Waals surface area (Å²) in [5.41, 5.74) is 0.837. The van der Waals surface area contributed by atoms with E-state index >= 15 is 0 Å². The first kappa shape index (κ1) is 19.0. The number of nitrogens with one attached hydrogen (secondary N) is 2. The highest BCUT2D eigenvalue weighted by Gasteiger charge is 2.18. The minimum absolute atomic E-state index is 0.000860. The van der Waals surface area contributed by atoms with Crippen molar-refractivity contribution in [1.82, 2.24) is 9.71 Å².